The van der Waals surface area contributed by atoms with Gasteiger partial charge in [-0.15, -0.1) is 0 Å². The van der Waals surface area contributed by atoms with Crippen LogP contribution in [0.3, 0.4) is 0 Å². The summed E-state index contributed by atoms with van der Waals surface area (Å²) in [5.74, 6) is 0.265. The Morgan fingerprint density at radius 1 is 0.805 bits per heavy atom. The zero-order valence-electron chi connectivity index (χ0n) is 24.2. The van der Waals surface area contributed by atoms with Crippen LogP contribution in [-0.2, 0) is 6.42 Å². The van der Waals surface area contributed by atoms with Gasteiger partial charge in [-0.05, 0) is 82.1 Å². The third-order valence-corrected chi connectivity index (χ3v) is 8.59. The number of allylic oxidation sites excluding steroid dienone is 3. The molecule has 0 aliphatic heterocycles. The largest absolute Gasteiger partial charge is 0.371 e. The third-order valence-electron chi connectivity index (χ3n) is 8.59. The van der Waals surface area contributed by atoms with Crippen LogP contribution in [0.1, 0.15) is 40.8 Å². The second-order valence-electron chi connectivity index (χ2n) is 11.3. The summed E-state index contributed by atoms with van der Waals surface area (Å²) in [4.78, 5) is 2.44. The van der Waals surface area contributed by atoms with E-state index in [9.17, 15) is 0 Å². The number of aryl methyl sites for hydroxylation is 1. The lowest BCUT2D eigenvalue weighted by Gasteiger charge is -2.35. The predicted octanol–water partition coefficient (Wildman–Crippen LogP) is 10.3. The van der Waals surface area contributed by atoms with Crippen LogP contribution >= 0.6 is 0 Å². The molecule has 1 aliphatic rings. The molecule has 202 valence electrons. The van der Waals surface area contributed by atoms with Crippen molar-refractivity contribution < 1.29 is 0 Å². The van der Waals surface area contributed by atoms with Crippen molar-refractivity contribution >= 4 is 22.4 Å². The molecule has 1 aliphatic carbocycles. The Bertz CT molecular complexity index is 1750. The van der Waals surface area contributed by atoms with Crippen molar-refractivity contribution in [3.63, 3.8) is 0 Å². The van der Waals surface area contributed by atoms with Crippen molar-refractivity contribution in [3.05, 3.63) is 168 Å². The number of nitrogens with zero attached hydrogens (tertiary/aromatic N) is 1. The molecule has 1 nitrogen and oxygen atoms in total. The van der Waals surface area contributed by atoms with Crippen LogP contribution in [0.2, 0.25) is 0 Å². The molecule has 0 N–H and O–H groups in total. The molecule has 2 unspecified atom stereocenters. The Balaban J connectivity index is 1.32. The van der Waals surface area contributed by atoms with Gasteiger partial charge in [0.15, 0.2) is 0 Å². The van der Waals surface area contributed by atoms with E-state index in [4.69, 9.17) is 0 Å². The van der Waals surface area contributed by atoms with Crippen LogP contribution in [-0.4, -0.2) is 11.9 Å². The Hall–Kier alpha value is -4.62. The number of hydrogen-bond donors (Lipinski definition) is 0. The number of fused-ring (bicyclic) bond motifs is 2. The number of hydrogen-bond acceptors (Lipinski definition) is 1. The minimum atomic E-state index is 0.197. The molecule has 0 aromatic heterocycles. The van der Waals surface area contributed by atoms with E-state index >= 15 is 0 Å². The Kier molecular flexibility index (Phi) is 7.44. The predicted molar refractivity (Wildman–Crippen MR) is 177 cm³/mol. The molecule has 6 rings (SSSR count). The van der Waals surface area contributed by atoms with Gasteiger partial charge < -0.3 is 4.90 Å². The quantitative estimate of drug-likeness (QED) is 0.189. The van der Waals surface area contributed by atoms with Crippen molar-refractivity contribution in [3.8, 4) is 11.1 Å². The fourth-order valence-corrected chi connectivity index (χ4v) is 5.88. The molecule has 0 radical (unpaired) electrons. The maximum atomic E-state index is 4.55. The molecule has 41 heavy (non-hydrogen) atoms. The van der Waals surface area contributed by atoms with E-state index in [1.54, 1.807) is 0 Å². The van der Waals surface area contributed by atoms with Gasteiger partial charge in [0.1, 0.15) is 0 Å². The van der Waals surface area contributed by atoms with E-state index in [1.807, 2.05) is 0 Å². The summed E-state index contributed by atoms with van der Waals surface area (Å²) in [5.41, 5.74) is 11.3. The highest BCUT2D eigenvalue weighted by molar-refractivity contribution is 5.87. The van der Waals surface area contributed by atoms with Gasteiger partial charge in [0.25, 0.3) is 0 Å². The molecule has 0 saturated heterocycles. The van der Waals surface area contributed by atoms with Gasteiger partial charge in [0.2, 0.25) is 0 Å². The topological polar surface area (TPSA) is 3.24 Å². The maximum absolute atomic E-state index is 4.55. The van der Waals surface area contributed by atoms with Crippen molar-refractivity contribution in [2.75, 3.05) is 7.05 Å². The summed E-state index contributed by atoms with van der Waals surface area (Å²) < 4.78 is 0. The Morgan fingerprint density at radius 2 is 1.46 bits per heavy atom. The van der Waals surface area contributed by atoms with Crippen LogP contribution in [0.5, 0.6) is 0 Å². The highest BCUT2D eigenvalue weighted by Crippen LogP contribution is 2.35. The summed E-state index contributed by atoms with van der Waals surface area (Å²) >= 11 is 0. The van der Waals surface area contributed by atoms with Gasteiger partial charge in [-0.1, -0.05) is 133 Å². The summed E-state index contributed by atoms with van der Waals surface area (Å²) in [6.07, 6.45) is 7.94. The molecule has 0 amide bonds. The van der Waals surface area contributed by atoms with Crippen LogP contribution in [0, 0.1) is 12.8 Å². The molecule has 0 fully saturated rings. The van der Waals surface area contributed by atoms with Crippen molar-refractivity contribution in [2.45, 2.75) is 26.3 Å². The lowest BCUT2D eigenvalue weighted by molar-refractivity contribution is 0.302. The second kappa shape index (κ2) is 11.5. The average Bonchev–Trinajstić information content (AvgIpc) is 3.03. The Morgan fingerprint density at radius 3 is 2.22 bits per heavy atom. The lowest BCUT2D eigenvalue weighted by Crippen LogP contribution is -2.28. The van der Waals surface area contributed by atoms with Crippen LogP contribution in [0.4, 0.5) is 0 Å². The number of benzene rings is 5. The van der Waals surface area contributed by atoms with E-state index in [0.717, 1.165) is 17.6 Å². The highest BCUT2D eigenvalue weighted by Gasteiger charge is 2.24. The summed E-state index contributed by atoms with van der Waals surface area (Å²) in [7, 11) is 2.23. The summed E-state index contributed by atoms with van der Waals surface area (Å²) in [5, 5.41) is 2.49. The molecule has 0 bridgehead atoms. The van der Waals surface area contributed by atoms with Gasteiger partial charge in [-0.3, -0.25) is 0 Å². The van der Waals surface area contributed by atoms with E-state index in [0.29, 0.717) is 0 Å². The molecule has 2 atom stereocenters. The van der Waals surface area contributed by atoms with E-state index in [-0.39, 0.29) is 12.0 Å². The van der Waals surface area contributed by atoms with E-state index in [1.165, 1.54) is 49.9 Å². The zero-order chi connectivity index (χ0) is 28.3. The second-order valence-corrected chi connectivity index (χ2v) is 11.3. The molecular weight excluding hydrogens is 494 g/mol. The van der Waals surface area contributed by atoms with Crippen LogP contribution in [0.15, 0.2) is 140 Å². The maximum Gasteiger partial charge on any atom is 0.0508 e. The van der Waals surface area contributed by atoms with E-state index < -0.39 is 0 Å². The molecule has 0 saturated carbocycles. The minimum Gasteiger partial charge on any atom is -0.371 e. The first-order valence-corrected chi connectivity index (χ1v) is 14.5. The standard InChI is InChI=1S/C40H37N/c1-28-13-15-34(16-14-28)35-19-17-31(18-20-35)30(3)41(4)40(39-24-22-33-10-6-8-12-38(33)27-39)25-29(2)36-23-21-32-9-5-7-11-37(32)26-36/h5-26,30,39H,2,27H2,1,3-4H3/b40-25-. The average molecular weight is 532 g/mol. The van der Waals surface area contributed by atoms with Gasteiger partial charge in [-0.25, -0.2) is 0 Å². The van der Waals surface area contributed by atoms with Gasteiger partial charge >= 0.3 is 0 Å². The molecule has 5 aromatic rings. The third kappa shape index (κ3) is 5.67. The Labute approximate surface area is 244 Å². The van der Waals surface area contributed by atoms with Gasteiger partial charge in [0.05, 0.1) is 6.04 Å². The minimum absolute atomic E-state index is 0.197. The highest BCUT2D eigenvalue weighted by atomic mass is 15.1. The van der Waals surface area contributed by atoms with Gasteiger partial charge in [0, 0.05) is 18.7 Å². The van der Waals surface area contributed by atoms with Crippen LogP contribution < -0.4 is 0 Å². The van der Waals surface area contributed by atoms with E-state index in [2.05, 4.69) is 166 Å². The molecule has 0 spiro atoms. The first-order chi connectivity index (χ1) is 20.0. The van der Waals surface area contributed by atoms with Crippen LogP contribution in [0.25, 0.3) is 33.5 Å². The van der Waals surface area contributed by atoms with Crippen molar-refractivity contribution in [1.82, 2.24) is 4.90 Å². The lowest BCUT2D eigenvalue weighted by atomic mass is 9.85. The van der Waals surface area contributed by atoms with Crippen molar-refractivity contribution in [1.29, 1.82) is 0 Å². The number of rotatable bonds is 7. The summed E-state index contributed by atoms with van der Waals surface area (Å²) in [6, 6.07) is 41.9. The molecular formula is C40H37N. The first-order valence-electron chi connectivity index (χ1n) is 14.5. The van der Waals surface area contributed by atoms with Crippen molar-refractivity contribution in [2.24, 2.45) is 5.92 Å². The fraction of sp³-hybridized carbons (Fsp3) is 0.150. The SMILES string of the molecule is C=C(/C=C(/C1C=Cc2ccccc2C1)N(C)C(C)c1ccc(-c2ccc(C)cc2)cc1)c1ccc2ccccc2c1. The molecule has 1 heteroatoms. The first kappa shape index (κ1) is 26.6. The molecule has 0 heterocycles. The smallest absolute Gasteiger partial charge is 0.0508 e. The normalized spacial score (nSPS) is 15.4. The van der Waals surface area contributed by atoms with Gasteiger partial charge in [-0.2, -0.15) is 0 Å². The monoisotopic (exact) mass is 531 g/mol. The fourth-order valence-electron chi connectivity index (χ4n) is 5.88. The zero-order valence-corrected chi connectivity index (χ0v) is 24.2. The summed E-state index contributed by atoms with van der Waals surface area (Å²) in [6.45, 7) is 8.98. The molecule has 5 aromatic carbocycles.